The van der Waals surface area contributed by atoms with Crippen molar-refractivity contribution in [3.8, 4) is 35.2 Å². The van der Waals surface area contributed by atoms with Crippen LogP contribution in [-0.4, -0.2) is 21.4 Å². The van der Waals surface area contributed by atoms with Crippen LogP contribution in [0.1, 0.15) is 38.8 Å². The van der Waals surface area contributed by atoms with Gasteiger partial charge in [-0.05, 0) is 76.2 Å². The Morgan fingerprint density at radius 3 is 1.24 bits per heavy atom. The standard InChI is InChI=1S/C22H22O3/c1-21(2,23)15-13-17-5-9-19(10-6-17)25-20-11-7-18(8-12-20)14-16-22(3,4)24/h5-12,23-24H,1-4H3. The highest BCUT2D eigenvalue weighted by Gasteiger charge is 2.06. The third kappa shape index (κ3) is 7.14. The molecule has 2 N–H and O–H groups in total. The molecule has 0 aliphatic rings. The van der Waals surface area contributed by atoms with Crippen molar-refractivity contribution in [1.29, 1.82) is 0 Å². The Kier molecular flexibility index (Phi) is 5.55. The van der Waals surface area contributed by atoms with Crippen molar-refractivity contribution in [3.63, 3.8) is 0 Å². The van der Waals surface area contributed by atoms with E-state index in [0.29, 0.717) is 11.5 Å². The molecule has 2 aromatic rings. The Morgan fingerprint density at radius 2 is 0.960 bits per heavy atom. The first-order valence-corrected chi connectivity index (χ1v) is 8.00. The van der Waals surface area contributed by atoms with E-state index in [2.05, 4.69) is 23.7 Å². The Hall–Kier alpha value is -2.72. The fraction of sp³-hybridized carbons (Fsp3) is 0.273. The predicted octanol–water partition coefficient (Wildman–Crippen LogP) is 3.72. The van der Waals surface area contributed by atoms with Crippen molar-refractivity contribution in [1.82, 2.24) is 0 Å². The average molecular weight is 334 g/mol. The molecule has 2 aromatic carbocycles. The lowest BCUT2D eigenvalue weighted by Crippen LogP contribution is -2.14. The number of benzene rings is 2. The highest BCUT2D eigenvalue weighted by atomic mass is 16.5. The maximum Gasteiger partial charge on any atom is 0.127 e. The summed E-state index contributed by atoms with van der Waals surface area (Å²) in [5.74, 6) is 12.8. The van der Waals surface area contributed by atoms with Gasteiger partial charge in [-0.1, -0.05) is 23.7 Å². The van der Waals surface area contributed by atoms with Gasteiger partial charge in [-0.2, -0.15) is 0 Å². The van der Waals surface area contributed by atoms with Crippen LogP contribution in [0.25, 0.3) is 0 Å². The second-order valence-electron chi connectivity index (χ2n) is 6.77. The Labute approximate surface area is 149 Å². The summed E-state index contributed by atoms with van der Waals surface area (Å²) in [6, 6.07) is 14.7. The van der Waals surface area contributed by atoms with Gasteiger partial charge in [-0.3, -0.25) is 0 Å². The van der Waals surface area contributed by atoms with Gasteiger partial charge in [-0.15, -0.1) is 0 Å². The van der Waals surface area contributed by atoms with Gasteiger partial charge in [0.2, 0.25) is 0 Å². The van der Waals surface area contributed by atoms with E-state index in [0.717, 1.165) is 11.1 Å². The molecule has 25 heavy (non-hydrogen) atoms. The number of aliphatic hydroxyl groups is 2. The smallest absolute Gasteiger partial charge is 0.127 e. The van der Waals surface area contributed by atoms with E-state index in [1.807, 2.05) is 48.5 Å². The number of hydrogen-bond acceptors (Lipinski definition) is 3. The fourth-order valence-corrected chi connectivity index (χ4v) is 1.80. The van der Waals surface area contributed by atoms with Crippen LogP contribution >= 0.6 is 0 Å². The normalized spacial score (nSPS) is 11.0. The number of rotatable bonds is 2. The van der Waals surface area contributed by atoms with Crippen LogP contribution in [0.5, 0.6) is 11.5 Å². The SMILES string of the molecule is CC(C)(O)C#Cc1ccc(Oc2ccc(C#CC(C)(C)O)cc2)cc1. The fourth-order valence-electron chi connectivity index (χ4n) is 1.80. The highest BCUT2D eigenvalue weighted by molar-refractivity contribution is 5.43. The van der Waals surface area contributed by atoms with Crippen molar-refractivity contribution in [2.24, 2.45) is 0 Å². The first-order valence-electron chi connectivity index (χ1n) is 8.00. The molecule has 0 saturated carbocycles. The monoisotopic (exact) mass is 334 g/mol. The van der Waals surface area contributed by atoms with E-state index >= 15 is 0 Å². The molecule has 0 spiro atoms. The zero-order valence-corrected chi connectivity index (χ0v) is 14.9. The number of hydrogen-bond donors (Lipinski definition) is 2. The van der Waals surface area contributed by atoms with Crippen LogP contribution in [0.2, 0.25) is 0 Å². The van der Waals surface area contributed by atoms with E-state index in [1.54, 1.807) is 27.7 Å². The molecule has 0 aromatic heterocycles. The largest absolute Gasteiger partial charge is 0.457 e. The topological polar surface area (TPSA) is 49.7 Å². The Balaban J connectivity index is 2.04. The quantitative estimate of drug-likeness (QED) is 0.823. The van der Waals surface area contributed by atoms with Gasteiger partial charge in [0.15, 0.2) is 0 Å². The number of ether oxygens (including phenoxy) is 1. The second-order valence-corrected chi connectivity index (χ2v) is 6.77. The first kappa shape index (κ1) is 18.6. The van der Waals surface area contributed by atoms with E-state index in [1.165, 1.54) is 0 Å². The summed E-state index contributed by atoms with van der Waals surface area (Å²) in [6.07, 6.45) is 0. The van der Waals surface area contributed by atoms with Gasteiger partial charge in [0, 0.05) is 11.1 Å². The van der Waals surface area contributed by atoms with Gasteiger partial charge in [0.25, 0.3) is 0 Å². The lowest BCUT2D eigenvalue weighted by atomic mass is 10.1. The van der Waals surface area contributed by atoms with Crippen LogP contribution in [-0.2, 0) is 0 Å². The molecular weight excluding hydrogens is 312 g/mol. The molecule has 0 aliphatic carbocycles. The van der Waals surface area contributed by atoms with Gasteiger partial charge in [-0.25, -0.2) is 0 Å². The lowest BCUT2D eigenvalue weighted by molar-refractivity contribution is 0.143. The maximum absolute atomic E-state index is 9.61. The van der Waals surface area contributed by atoms with Crippen LogP contribution in [0.15, 0.2) is 48.5 Å². The van der Waals surface area contributed by atoms with E-state index in [-0.39, 0.29) is 0 Å². The van der Waals surface area contributed by atoms with Gasteiger partial charge in [0.1, 0.15) is 22.7 Å². The first-order chi connectivity index (χ1) is 11.6. The van der Waals surface area contributed by atoms with Crippen LogP contribution in [0.3, 0.4) is 0 Å². The zero-order valence-electron chi connectivity index (χ0n) is 14.9. The molecule has 0 atom stereocenters. The maximum atomic E-state index is 9.61. The highest BCUT2D eigenvalue weighted by Crippen LogP contribution is 2.22. The van der Waals surface area contributed by atoms with Gasteiger partial charge < -0.3 is 14.9 Å². The minimum Gasteiger partial charge on any atom is -0.457 e. The Bertz CT molecular complexity index is 752. The summed E-state index contributed by atoms with van der Waals surface area (Å²) >= 11 is 0. The molecule has 3 heteroatoms. The predicted molar refractivity (Wildman–Crippen MR) is 99.3 cm³/mol. The summed E-state index contributed by atoms with van der Waals surface area (Å²) in [4.78, 5) is 0. The molecule has 0 amide bonds. The lowest BCUT2D eigenvalue weighted by Gasteiger charge is -2.07. The van der Waals surface area contributed by atoms with Crippen molar-refractivity contribution >= 4 is 0 Å². The van der Waals surface area contributed by atoms with Gasteiger partial charge >= 0.3 is 0 Å². The molecule has 2 rings (SSSR count). The third-order valence-electron chi connectivity index (χ3n) is 2.97. The minimum absolute atomic E-state index is 0.698. The molecule has 3 nitrogen and oxygen atoms in total. The van der Waals surface area contributed by atoms with Crippen molar-refractivity contribution in [2.75, 3.05) is 0 Å². The molecule has 0 heterocycles. The molecule has 0 saturated heterocycles. The third-order valence-corrected chi connectivity index (χ3v) is 2.97. The van der Waals surface area contributed by atoms with Crippen LogP contribution < -0.4 is 4.74 Å². The van der Waals surface area contributed by atoms with Crippen LogP contribution in [0.4, 0.5) is 0 Å². The van der Waals surface area contributed by atoms with E-state index < -0.39 is 11.2 Å². The average Bonchev–Trinajstić information content (AvgIpc) is 2.52. The minimum atomic E-state index is -1.01. The second kappa shape index (κ2) is 7.45. The Morgan fingerprint density at radius 1 is 0.640 bits per heavy atom. The summed E-state index contributed by atoms with van der Waals surface area (Å²) in [7, 11) is 0. The van der Waals surface area contributed by atoms with Crippen molar-refractivity contribution in [3.05, 3.63) is 59.7 Å². The molecular formula is C22H22O3. The summed E-state index contributed by atoms with van der Waals surface area (Å²) < 4.78 is 5.78. The van der Waals surface area contributed by atoms with E-state index in [4.69, 9.17) is 4.74 Å². The summed E-state index contributed by atoms with van der Waals surface area (Å²) in [5.41, 5.74) is -0.394. The van der Waals surface area contributed by atoms with E-state index in [9.17, 15) is 10.2 Å². The summed E-state index contributed by atoms with van der Waals surface area (Å²) in [5, 5.41) is 19.2. The summed E-state index contributed by atoms with van der Waals surface area (Å²) in [6.45, 7) is 6.58. The van der Waals surface area contributed by atoms with Crippen LogP contribution in [0, 0.1) is 23.7 Å². The zero-order chi connectivity index (χ0) is 18.5. The van der Waals surface area contributed by atoms with Gasteiger partial charge in [0.05, 0.1) is 0 Å². The molecule has 0 unspecified atom stereocenters. The van der Waals surface area contributed by atoms with Crippen molar-refractivity contribution < 1.29 is 14.9 Å². The van der Waals surface area contributed by atoms with Crippen molar-refractivity contribution in [2.45, 2.75) is 38.9 Å². The molecule has 128 valence electrons. The molecule has 0 fully saturated rings. The molecule has 0 bridgehead atoms. The molecule has 0 aliphatic heterocycles. The molecule has 0 radical (unpaired) electrons.